The lowest BCUT2D eigenvalue weighted by molar-refractivity contribution is -0.136. The number of alkyl halides is 3. The van der Waals surface area contributed by atoms with Crippen molar-refractivity contribution in [1.29, 1.82) is 5.41 Å². The molecule has 1 saturated heterocycles. The van der Waals surface area contributed by atoms with Gasteiger partial charge in [0.2, 0.25) is 0 Å². The molecule has 0 aromatic heterocycles. The maximum absolute atomic E-state index is 13.9. The van der Waals surface area contributed by atoms with E-state index in [1.54, 1.807) is 0 Å². The number of carbonyl (C=O) groups excluding carboxylic acids is 1. The SMILES string of the molecule is N=C(C1=C(C(=O)Nc2cc(N3CCCC3)ccc2C(F)(F)F)CCC1)c1ccc(Cl)c(F)c1. The van der Waals surface area contributed by atoms with Crippen LogP contribution in [0.5, 0.6) is 0 Å². The van der Waals surface area contributed by atoms with E-state index in [1.165, 1.54) is 24.3 Å². The van der Waals surface area contributed by atoms with E-state index in [-0.39, 0.29) is 27.6 Å². The van der Waals surface area contributed by atoms with Crippen molar-refractivity contribution in [2.75, 3.05) is 23.3 Å². The number of allylic oxidation sites excluding steroid dienone is 1. The van der Waals surface area contributed by atoms with Crippen molar-refractivity contribution in [2.45, 2.75) is 38.3 Å². The number of halogens is 5. The highest BCUT2D eigenvalue weighted by Gasteiger charge is 2.35. The summed E-state index contributed by atoms with van der Waals surface area (Å²) in [6.07, 6.45) is -1.39. The van der Waals surface area contributed by atoms with Crippen molar-refractivity contribution in [3.8, 4) is 0 Å². The fraction of sp³-hybridized carbons (Fsp3) is 0.333. The first kappa shape index (κ1) is 23.3. The molecule has 2 N–H and O–H groups in total. The summed E-state index contributed by atoms with van der Waals surface area (Å²) >= 11 is 5.71. The third kappa shape index (κ3) is 4.90. The summed E-state index contributed by atoms with van der Waals surface area (Å²) in [6, 6.07) is 7.71. The van der Waals surface area contributed by atoms with E-state index in [9.17, 15) is 22.4 Å². The summed E-state index contributed by atoms with van der Waals surface area (Å²) in [4.78, 5) is 15.0. The molecule has 174 valence electrons. The summed E-state index contributed by atoms with van der Waals surface area (Å²) in [6.45, 7) is 1.51. The predicted molar refractivity (Wildman–Crippen MR) is 121 cm³/mol. The van der Waals surface area contributed by atoms with Gasteiger partial charge in [-0.3, -0.25) is 10.2 Å². The van der Waals surface area contributed by atoms with Gasteiger partial charge < -0.3 is 10.2 Å². The van der Waals surface area contributed by atoms with Gasteiger partial charge in [0.1, 0.15) is 5.82 Å². The van der Waals surface area contributed by atoms with Crippen molar-refractivity contribution in [1.82, 2.24) is 0 Å². The molecule has 0 bridgehead atoms. The number of rotatable bonds is 5. The molecule has 0 radical (unpaired) electrons. The van der Waals surface area contributed by atoms with Crippen molar-refractivity contribution in [3.05, 3.63) is 69.5 Å². The summed E-state index contributed by atoms with van der Waals surface area (Å²) in [5.41, 5.74) is 0.268. The van der Waals surface area contributed by atoms with Gasteiger partial charge in [0.25, 0.3) is 5.91 Å². The minimum absolute atomic E-state index is 0.0323. The topological polar surface area (TPSA) is 56.2 Å². The largest absolute Gasteiger partial charge is 0.418 e. The molecule has 0 saturated carbocycles. The summed E-state index contributed by atoms with van der Waals surface area (Å²) in [7, 11) is 0. The number of benzene rings is 2. The molecule has 1 aliphatic carbocycles. The average molecular weight is 480 g/mol. The molecule has 0 spiro atoms. The van der Waals surface area contributed by atoms with Crippen LogP contribution in [-0.4, -0.2) is 24.7 Å². The highest BCUT2D eigenvalue weighted by atomic mass is 35.5. The number of nitrogens with zero attached hydrogens (tertiary/aromatic N) is 1. The molecule has 1 fully saturated rings. The molecular formula is C24H22ClF4N3O. The highest BCUT2D eigenvalue weighted by molar-refractivity contribution is 6.31. The van der Waals surface area contributed by atoms with Gasteiger partial charge in [0.15, 0.2) is 0 Å². The van der Waals surface area contributed by atoms with Crippen LogP contribution in [0.15, 0.2) is 47.5 Å². The zero-order chi connectivity index (χ0) is 23.8. The maximum atomic E-state index is 13.9. The Kier molecular flexibility index (Phi) is 6.47. The fourth-order valence-electron chi connectivity index (χ4n) is 4.35. The average Bonchev–Trinajstić information content (AvgIpc) is 3.46. The minimum Gasteiger partial charge on any atom is -0.371 e. The first-order valence-electron chi connectivity index (χ1n) is 10.7. The first-order chi connectivity index (χ1) is 15.6. The Morgan fingerprint density at radius 3 is 2.36 bits per heavy atom. The van der Waals surface area contributed by atoms with Gasteiger partial charge in [-0.25, -0.2) is 4.39 Å². The Labute approximate surface area is 193 Å². The van der Waals surface area contributed by atoms with E-state index in [4.69, 9.17) is 17.0 Å². The quantitative estimate of drug-likeness (QED) is 0.375. The molecular weight excluding hydrogens is 458 g/mol. The van der Waals surface area contributed by atoms with Crippen molar-refractivity contribution < 1.29 is 22.4 Å². The molecule has 0 atom stereocenters. The smallest absolute Gasteiger partial charge is 0.371 e. The summed E-state index contributed by atoms with van der Waals surface area (Å²) in [5.74, 6) is -1.36. The van der Waals surface area contributed by atoms with Crippen LogP contribution < -0.4 is 10.2 Å². The Balaban J connectivity index is 1.65. The van der Waals surface area contributed by atoms with Gasteiger partial charge in [-0.05, 0) is 68.0 Å². The van der Waals surface area contributed by atoms with Gasteiger partial charge in [-0.1, -0.05) is 17.7 Å². The van der Waals surface area contributed by atoms with E-state index in [0.717, 1.165) is 38.1 Å². The lowest BCUT2D eigenvalue weighted by atomic mass is 9.98. The zero-order valence-corrected chi connectivity index (χ0v) is 18.4. The van der Waals surface area contributed by atoms with Gasteiger partial charge in [0.05, 0.1) is 22.0 Å². The highest BCUT2D eigenvalue weighted by Crippen LogP contribution is 2.38. The monoisotopic (exact) mass is 479 g/mol. The maximum Gasteiger partial charge on any atom is 0.418 e. The van der Waals surface area contributed by atoms with Crippen molar-refractivity contribution >= 4 is 34.6 Å². The Morgan fingerprint density at radius 2 is 1.70 bits per heavy atom. The molecule has 2 aromatic carbocycles. The number of carbonyl (C=O) groups is 1. The van der Waals surface area contributed by atoms with Crippen LogP contribution in [0.4, 0.5) is 28.9 Å². The minimum atomic E-state index is -4.63. The second kappa shape index (κ2) is 9.17. The van der Waals surface area contributed by atoms with E-state index < -0.39 is 23.5 Å². The molecule has 2 aliphatic rings. The fourth-order valence-corrected chi connectivity index (χ4v) is 4.47. The molecule has 1 heterocycles. The standard InChI is InChI=1S/C24H22ClF4N3O/c25-19-9-6-14(12-20(19)26)22(30)16-4-3-5-17(16)23(33)31-21-13-15(32-10-1-2-11-32)7-8-18(21)24(27,28)29/h6-9,12-13,30H,1-5,10-11H2,(H,31,33). The van der Waals surface area contributed by atoms with Crippen LogP contribution in [-0.2, 0) is 11.0 Å². The molecule has 0 unspecified atom stereocenters. The van der Waals surface area contributed by atoms with E-state index in [2.05, 4.69) is 5.32 Å². The first-order valence-corrected chi connectivity index (χ1v) is 11.1. The number of hydrogen-bond acceptors (Lipinski definition) is 3. The Bertz CT molecular complexity index is 1140. The number of hydrogen-bond donors (Lipinski definition) is 2. The Morgan fingerprint density at radius 1 is 1.00 bits per heavy atom. The zero-order valence-electron chi connectivity index (χ0n) is 17.7. The summed E-state index contributed by atoms with van der Waals surface area (Å²) in [5, 5.41) is 10.8. The number of anilines is 2. The van der Waals surface area contributed by atoms with E-state index >= 15 is 0 Å². The number of nitrogens with one attached hydrogen (secondary N) is 2. The lowest BCUT2D eigenvalue weighted by Gasteiger charge is -2.21. The molecule has 9 heteroatoms. The third-order valence-corrected chi connectivity index (χ3v) is 6.34. The molecule has 33 heavy (non-hydrogen) atoms. The second-order valence-corrected chi connectivity index (χ2v) is 8.60. The Hall–Kier alpha value is -2.87. The van der Waals surface area contributed by atoms with E-state index in [1.807, 2.05) is 4.90 Å². The molecule has 1 amide bonds. The van der Waals surface area contributed by atoms with Crippen LogP contribution >= 0.6 is 11.6 Å². The van der Waals surface area contributed by atoms with Gasteiger partial charge in [-0.2, -0.15) is 13.2 Å². The summed E-state index contributed by atoms with van der Waals surface area (Å²) < 4.78 is 54.7. The van der Waals surface area contributed by atoms with Crippen molar-refractivity contribution in [3.63, 3.8) is 0 Å². The third-order valence-electron chi connectivity index (χ3n) is 6.03. The van der Waals surface area contributed by atoms with E-state index in [0.29, 0.717) is 30.5 Å². The lowest BCUT2D eigenvalue weighted by Crippen LogP contribution is -2.22. The van der Waals surface area contributed by atoms with Crippen LogP contribution in [0, 0.1) is 11.2 Å². The molecule has 2 aromatic rings. The van der Waals surface area contributed by atoms with Gasteiger partial charge in [0, 0.05) is 29.9 Å². The van der Waals surface area contributed by atoms with Crippen LogP contribution in [0.25, 0.3) is 0 Å². The van der Waals surface area contributed by atoms with Gasteiger partial charge in [-0.15, -0.1) is 0 Å². The number of amides is 1. The van der Waals surface area contributed by atoms with Gasteiger partial charge >= 0.3 is 6.18 Å². The van der Waals surface area contributed by atoms with Crippen LogP contribution in [0.3, 0.4) is 0 Å². The molecule has 1 aliphatic heterocycles. The van der Waals surface area contributed by atoms with Crippen LogP contribution in [0.1, 0.15) is 43.2 Å². The molecule has 4 rings (SSSR count). The van der Waals surface area contributed by atoms with Crippen molar-refractivity contribution in [2.24, 2.45) is 0 Å². The van der Waals surface area contributed by atoms with Crippen LogP contribution in [0.2, 0.25) is 5.02 Å². The predicted octanol–water partition coefficient (Wildman–Crippen LogP) is 6.59. The normalized spacial score (nSPS) is 16.5. The molecule has 4 nitrogen and oxygen atoms in total. The second-order valence-electron chi connectivity index (χ2n) is 8.19.